The van der Waals surface area contributed by atoms with Crippen molar-refractivity contribution in [2.24, 2.45) is 0 Å². The molecule has 0 radical (unpaired) electrons. The molecule has 0 spiro atoms. The molecule has 5 aromatic carbocycles. The van der Waals surface area contributed by atoms with Gasteiger partial charge in [-0.1, -0.05) is 155 Å². The summed E-state index contributed by atoms with van der Waals surface area (Å²) >= 11 is 0. The Bertz CT molecular complexity index is 3060. The fraction of sp³-hybridized carbons (Fsp3) is 0.293. The largest absolute Gasteiger partial charge is 0.510 e. The number of rotatable bonds is 7. The molecule has 1 aliphatic rings. The first kappa shape index (κ1) is 47.4. The van der Waals surface area contributed by atoms with E-state index in [1.54, 1.807) is 0 Å². The van der Waals surface area contributed by atoms with Gasteiger partial charge in [-0.05, 0) is 86.9 Å². The summed E-state index contributed by atoms with van der Waals surface area (Å²) in [6.07, 6.45) is 5.94. The molecule has 67 heavy (non-hydrogen) atoms. The van der Waals surface area contributed by atoms with Crippen molar-refractivity contribution < 1.29 is 25.8 Å². The Hall–Kier alpha value is -6.11. The van der Waals surface area contributed by atoms with Crippen LogP contribution >= 0.6 is 0 Å². The monoisotopic (exact) mass is 1070 g/mol. The van der Waals surface area contributed by atoms with Gasteiger partial charge in [0.1, 0.15) is 11.6 Å². The molecule has 0 N–H and O–H groups in total. The van der Waals surface area contributed by atoms with Crippen LogP contribution in [-0.4, -0.2) is 36.5 Å². The average molecular weight is 1070 g/mol. The Balaban J connectivity index is 0.00000608. The Kier molecular flexibility index (Phi) is 12.4. The van der Waals surface area contributed by atoms with Gasteiger partial charge in [0.2, 0.25) is 0 Å². The van der Waals surface area contributed by atoms with Gasteiger partial charge in [0, 0.05) is 55.4 Å². The van der Waals surface area contributed by atoms with E-state index in [1.165, 1.54) is 16.7 Å². The molecule has 346 valence electrons. The predicted molar refractivity (Wildman–Crippen MR) is 271 cm³/mol. The zero-order chi connectivity index (χ0) is 46.9. The molecule has 3 aromatic heterocycles. The minimum Gasteiger partial charge on any atom is -0.510 e. The molecule has 0 bridgehead atoms. The van der Waals surface area contributed by atoms with Gasteiger partial charge in [-0.15, -0.1) is 47.0 Å². The summed E-state index contributed by atoms with van der Waals surface area (Å²) in [5.74, 6) is 3.41. The summed E-state index contributed by atoms with van der Waals surface area (Å²) in [4.78, 5) is 24.8. The number of aromatic nitrogens is 5. The third-order valence-electron chi connectivity index (χ3n) is 12.4. The van der Waals surface area contributed by atoms with E-state index < -0.39 is 0 Å². The zero-order valence-electron chi connectivity index (χ0n) is 41.0. The van der Waals surface area contributed by atoms with Crippen molar-refractivity contribution in [3.8, 4) is 51.5 Å². The minimum absolute atomic E-state index is 0. The number of benzene rings is 5. The summed E-state index contributed by atoms with van der Waals surface area (Å²) < 4.78 is 9.36. The topological polar surface area (TPSA) is 72.2 Å². The molecule has 1 aliphatic heterocycles. The molecule has 4 heterocycles. The van der Waals surface area contributed by atoms with E-state index in [1.807, 2.05) is 37.2 Å². The second-order valence-electron chi connectivity index (χ2n) is 21.7. The van der Waals surface area contributed by atoms with E-state index in [-0.39, 0.29) is 42.7 Å². The van der Waals surface area contributed by atoms with Crippen LogP contribution < -0.4 is 9.64 Å². The first-order valence-corrected chi connectivity index (χ1v) is 22.8. The second-order valence-corrected chi connectivity index (χ2v) is 21.7. The summed E-state index contributed by atoms with van der Waals surface area (Å²) in [7, 11) is 2.01. The molecule has 0 amide bonds. The number of pyridine rings is 1. The Morgan fingerprint density at radius 3 is 1.67 bits per heavy atom. The van der Waals surface area contributed by atoms with Crippen molar-refractivity contribution >= 4 is 27.5 Å². The van der Waals surface area contributed by atoms with Gasteiger partial charge in [0.05, 0.1) is 0 Å². The van der Waals surface area contributed by atoms with Gasteiger partial charge in [-0.2, -0.15) is 6.67 Å². The molecule has 9 rings (SSSR count). The maximum atomic E-state index is 7.17. The number of nitrogens with zero attached hydrogens (tertiary/aromatic N) is 7. The third-order valence-corrected chi connectivity index (χ3v) is 12.4. The van der Waals surface area contributed by atoms with Crippen LogP contribution in [0.2, 0.25) is 0 Å². The van der Waals surface area contributed by atoms with Gasteiger partial charge in [-0.3, -0.25) is 0 Å². The average Bonchev–Trinajstić information content (AvgIpc) is 3.85. The first-order chi connectivity index (χ1) is 31.1. The van der Waals surface area contributed by atoms with E-state index in [2.05, 4.69) is 208 Å². The molecular formula is C58H60N7OPt-3. The van der Waals surface area contributed by atoms with Crippen molar-refractivity contribution in [3.05, 3.63) is 163 Å². The van der Waals surface area contributed by atoms with Crippen LogP contribution in [0.1, 0.15) is 105 Å². The molecule has 0 atom stereocenters. The maximum Gasteiger partial charge on any atom is 0.162 e. The molecular weight excluding hydrogens is 1010 g/mol. The molecule has 8 aromatic rings. The van der Waals surface area contributed by atoms with Crippen LogP contribution in [0.15, 0.2) is 122 Å². The third kappa shape index (κ3) is 9.69. The number of ether oxygens (including phenoxy) is 1. The number of fused-ring (bicyclic) bond motifs is 3. The van der Waals surface area contributed by atoms with E-state index in [4.69, 9.17) is 24.7 Å². The predicted octanol–water partition coefficient (Wildman–Crippen LogP) is 14.3. The molecule has 0 fully saturated rings. The normalized spacial score (nSPS) is 13.4. The fourth-order valence-corrected chi connectivity index (χ4v) is 8.26. The van der Waals surface area contributed by atoms with Crippen molar-refractivity contribution in [1.29, 1.82) is 0 Å². The van der Waals surface area contributed by atoms with Gasteiger partial charge >= 0.3 is 0 Å². The molecule has 8 nitrogen and oxygen atoms in total. The van der Waals surface area contributed by atoms with Crippen LogP contribution in [0.4, 0.5) is 5.69 Å². The van der Waals surface area contributed by atoms with E-state index in [0.29, 0.717) is 34.5 Å². The van der Waals surface area contributed by atoms with Crippen molar-refractivity contribution in [2.45, 2.75) is 105 Å². The minimum atomic E-state index is -0.187. The summed E-state index contributed by atoms with van der Waals surface area (Å²) in [6, 6.07) is 43.7. The molecule has 0 saturated heterocycles. The van der Waals surface area contributed by atoms with Crippen molar-refractivity contribution in [2.75, 3.05) is 11.9 Å². The fourth-order valence-electron chi connectivity index (χ4n) is 8.26. The number of hydrogen-bond acceptors (Lipinski definition) is 7. The Morgan fingerprint density at radius 2 is 1.12 bits per heavy atom. The van der Waals surface area contributed by atoms with Crippen LogP contribution in [0.5, 0.6) is 11.5 Å². The van der Waals surface area contributed by atoms with Gasteiger partial charge in [-0.25, -0.2) is 19.9 Å². The maximum absolute atomic E-state index is 7.17. The smallest absolute Gasteiger partial charge is 0.162 e. The van der Waals surface area contributed by atoms with Crippen LogP contribution in [0, 0.1) is 18.8 Å². The Morgan fingerprint density at radius 1 is 0.552 bits per heavy atom. The second kappa shape index (κ2) is 17.5. The van der Waals surface area contributed by atoms with Gasteiger partial charge in [0.25, 0.3) is 0 Å². The Labute approximate surface area is 411 Å². The number of para-hydroxylation sites is 1. The van der Waals surface area contributed by atoms with Crippen LogP contribution in [-0.2, 0) is 42.7 Å². The van der Waals surface area contributed by atoms with Crippen molar-refractivity contribution in [3.63, 3.8) is 0 Å². The van der Waals surface area contributed by atoms with Crippen LogP contribution in [0.3, 0.4) is 0 Å². The number of anilines is 1. The standard InChI is InChI=1S/C58H60N7O.Pt/c1-55(2,3)39-22-18-37(19-23-39)52-60-53(38-20-24-40(25-21-38)56(4,5)6)62-54(61-52)47-34-46-45-16-14-15-17-48(45)65(51-32-41(26-27-59-51)57(7,8)9)49(46)35-50(47)66-44-31-42(58(10,11)12)30-43(33-44)64-29-28-63(13)36-64;/h14-32,34,36H,1-13H3;/q-3;. The van der Waals surface area contributed by atoms with Gasteiger partial charge < -0.3 is 19.1 Å². The first-order valence-electron chi connectivity index (χ1n) is 22.8. The van der Waals surface area contributed by atoms with E-state index in [0.717, 1.165) is 50.0 Å². The van der Waals surface area contributed by atoms with E-state index in [9.17, 15) is 0 Å². The van der Waals surface area contributed by atoms with Gasteiger partial charge in [0.15, 0.2) is 11.6 Å². The summed E-state index contributed by atoms with van der Waals surface area (Å²) in [6.45, 7) is 28.7. The summed E-state index contributed by atoms with van der Waals surface area (Å²) in [5.41, 5.74) is 9.60. The van der Waals surface area contributed by atoms with Crippen LogP contribution in [0.25, 0.3) is 61.8 Å². The van der Waals surface area contributed by atoms with E-state index >= 15 is 0 Å². The molecule has 0 unspecified atom stereocenters. The van der Waals surface area contributed by atoms with Crippen molar-refractivity contribution in [1.82, 2.24) is 29.4 Å². The molecule has 0 aliphatic carbocycles. The molecule has 0 saturated carbocycles. The summed E-state index contributed by atoms with van der Waals surface area (Å²) in [5, 5.41) is 2.02. The quantitative estimate of drug-likeness (QED) is 0.147. The number of hydrogen-bond donors (Lipinski definition) is 0. The SMILES string of the molecule is CN1C=CN(c2[c-]c(Oc3[c-]c4c(cc3-c3nc(-c5ccc(C(C)(C)C)cc5)nc(-c5ccc(C(C)(C)C)cc5)n3)c3ccccc3n4-c3cc(C(C)(C)C)ccn3)cc(C(C)(C)C)c2)[CH-]1.[Pt]. The molecule has 9 heteroatoms. The zero-order valence-corrected chi connectivity index (χ0v) is 43.3.